The van der Waals surface area contributed by atoms with Crippen LogP contribution in [0.4, 0.5) is 0 Å². The lowest BCUT2D eigenvalue weighted by molar-refractivity contribution is 0.0700. The highest BCUT2D eigenvalue weighted by Crippen LogP contribution is 2.26. The van der Waals surface area contributed by atoms with E-state index in [1.807, 2.05) is 23.4 Å². The first-order valence-corrected chi connectivity index (χ1v) is 7.78. The fraction of sp³-hybridized carbons (Fsp3) is 0.400. The number of hydrogen-bond acceptors (Lipinski definition) is 4. The Morgan fingerprint density at radius 2 is 2.30 bits per heavy atom. The highest BCUT2D eigenvalue weighted by molar-refractivity contribution is 7.07. The molecule has 4 nitrogen and oxygen atoms in total. The van der Waals surface area contributed by atoms with Crippen molar-refractivity contribution in [3.8, 4) is 0 Å². The van der Waals surface area contributed by atoms with Crippen molar-refractivity contribution < 1.29 is 4.79 Å². The number of carbonyl (C=O) groups excluding carboxylic acids is 1. The predicted molar refractivity (Wildman–Crippen MR) is 79.0 cm³/mol. The molecule has 5 heteroatoms. The molecule has 2 aromatic rings. The number of thiazole rings is 1. The molecule has 1 fully saturated rings. The van der Waals surface area contributed by atoms with E-state index in [-0.39, 0.29) is 5.91 Å². The summed E-state index contributed by atoms with van der Waals surface area (Å²) in [6.07, 6.45) is 4.02. The van der Waals surface area contributed by atoms with Crippen LogP contribution in [0.1, 0.15) is 40.5 Å². The van der Waals surface area contributed by atoms with Crippen molar-refractivity contribution in [3.05, 3.63) is 46.2 Å². The number of hydrogen-bond donors (Lipinski definition) is 0. The molecule has 20 heavy (non-hydrogen) atoms. The van der Waals surface area contributed by atoms with Gasteiger partial charge in [-0.25, -0.2) is 4.98 Å². The maximum atomic E-state index is 12.3. The summed E-state index contributed by atoms with van der Waals surface area (Å²) >= 11 is 1.46. The average molecular weight is 287 g/mol. The first-order chi connectivity index (χ1) is 9.74. The molecule has 104 valence electrons. The van der Waals surface area contributed by atoms with Crippen LogP contribution in [0.25, 0.3) is 0 Å². The Labute approximate surface area is 122 Å². The molecule has 0 radical (unpaired) electrons. The standard InChI is InChI=1S/C15H17N3OS/c1-11-4-5-13(16-7-11)12-3-2-6-18(8-12)15(19)14-9-20-10-17-14/h4-5,7,9-10,12H,2-3,6,8H2,1H3/t12-/m0/s1. The van der Waals surface area contributed by atoms with Crippen molar-refractivity contribution in [3.63, 3.8) is 0 Å². The van der Waals surface area contributed by atoms with E-state index in [1.165, 1.54) is 16.9 Å². The fourth-order valence-electron chi connectivity index (χ4n) is 2.60. The molecule has 0 aliphatic carbocycles. The number of piperidine rings is 1. The van der Waals surface area contributed by atoms with Crippen molar-refractivity contribution in [2.24, 2.45) is 0 Å². The second-order valence-corrected chi connectivity index (χ2v) is 5.94. The molecule has 2 aromatic heterocycles. The Morgan fingerprint density at radius 1 is 1.40 bits per heavy atom. The van der Waals surface area contributed by atoms with E-state index < -0.39 is 0 Å². The van der Waals surface area contributed by atoms with E-state index in [4.69, 9.17) is 0 Å². The molecule has 3 rings (SSSR count). The van der Waals surface area contributed by atoms with Gasteiger partial charge in [-0.05, 0) is 31.4 Å². The highest BCUT2D eigenvalue weighted by Gasteiger charge is 2.26. The summed E-state index contributed by atoms with van der Waals surface area (Å²) in [5, 5.41) is 1.82. The molecule has 1 amide bonds. The SMILES string of the molecule is Cc1ccc([C@H]2CCCN(C(=O)c3cscn3)C2)nc1. The molecular formula is C15H17N3OS. The van der Waals surface area contributed by atoms with E-state index in [0.29, 0.717) is 11.6 Å². The average Bonchev–Trinajstić information content (AvgIpc) is 3.01. The minimum absolute atomic E-state index is 0.0445. The Balaban J connectivity index is 1.73. The molecule has 1 saturated heterocycles. The van der Waals surface area contributed by atoms with Gasteiger partial charge in [0.15, 0.2) is 0 Å². The van der Waals surface area contributed by atoms with E-state index in [0.717, 1.165) is 31.6 Å². The lowest BCUT2D eigenvalue weighted by atomic mass is 9.94. The highest BCUT2D eigenvalue weighted by atomic mass is 32.1. The summed E-state index contributed by atoms with van der Waals surface area (Å²) in [6.45, 7) is 3.60. The summed E-state index contributed by atoms with van der Waals surface area (Å²) in [6, 6.07) is 4.17. The van der Waals surface area contributed by atoms with Crippen molar-refractivity contribution in [2.75, 3.05) is 13.1 Å². The van der Waals surface area contributed by atoms with Crippen molar-refractivity contribution in [1.29, 1.82) is 0 Å². The number of nitrogens with zero attached hydrogens (tertiary/aromatic N) is 3. The smallest absolute Gasteiger partial charge is 0.273 e. The third-order valence-electron chi connectivity index (χ3n) is 3.71. The Morgan fingerprint density at radius 3 is 3.00 bits per heavy atom. The van der Waals surface area contributed by atoms with E-state index in [9.17, 15) is 4.79 Å². The lowest BCUT2D eigenvalue weighted by Gasteiger charge is -2.32. The molecule has 1 aliphatic heterocycles. The van der Waals surface area contributed by atoms with E-state index in [2.05, 4.69) is 22.1 Å². The van der Waals surface area contributed by atoms with Gasteiger partial charge in [0, 0.05) is 36.3 Å². The summed E-state index contributed by atoms with van der Waals surface area (Å²) in [4.78, 5) is 22.9. The van der Waals surface area contributed by atoms with Crippen LogP contribution in [0.2, 0.25) is 0 Å². The van der Waals surface area contributed by atoms with Gasteiger partial charge in [0.1, 0.15) is 5.69 Å². The van der Waals surface area contributed by atoms with Crippen molar-refractivity contribution in [1.82, 2.24) is 14.9 Å². The molecule has 1 aliphatic rings. The van der Waals surface area contributed by atoms with Crippen molar-refractivity contribution >= 4 is 17.2 Å². The van der Waals surface area contributed by atoms with Crippen LogP contribution in [0, 0.1) is 6.92 Å². The maximum absolute atomic E-state index is 12.3. The largest absolute Gasteiger partial charge is 0.337 e. The van der Waals surface area contributed by atoms with Gasteiger partial charge in [-0.1, -0.05) is 6.07 Å². The van der Waals surface area contributed by atoms with Gasteiger partial charge in [-0.2, -0.15) is 0 Å². The molecule has 0 saturated carbocycles. The van der Waals surface area contributed by atoms with Crippen LogP contribution in [0.15, 0.2) is 29.2 Å². The van der Waals surface area contributed by atoms with Gasteiger partial charge >= 0.3 is 0 Å². The quantitative estimate of drug-likeness (QED) is 0.853. The maximum Gasteiger partial charge on any atom is 0.273 e. The first kappa shape index (κ1) is 13.2. The number of rotatable bonds is 2. The monoisotopic (exact) mass is 287 g/mol. The van der Waals surface area contributed by atoms with Gasteiger partial charge in [0.2, 0.25) is 0 Å². The minimum atomic E-state index is 0.0445. The van der Waals surface area contributed by atoms with Gasteiger partial charge in [-0.15, -0.1) is 11.3 Å². The summed E-state index contributed by atoms with van der Waals surface area (Å²) in [5.41, 5.74) is 4.52. The lowest BCUT2D eigenvalue weighted by Crippen LogP contribution is -2.39. The summed E-state index contributed by atoms with van der Waals surface area (Å²) in [5.74, 6) is 0.384. The molecule has 0 unspecified atom stereocenters. The molecule has 0 N–H and O–H groups in total. The Kier molecular flexibility index (Phi) is 3.78. The number of aromatic nitrogens is 2. The summed E-state index contributed by atoms with van der Waals surface area (Å²) in [7, 11) is 0. The van der Waals surface area contributed by atoms with Crippen LogP contribution in [-0.4, -0.2) is 33.9 Å². The molecule has 0 aromatic carbocycles. The Hall–Kier alpha value is -1.75. The van der Waals surface area contributed by atoms with Crippen LogP contribution >= 0.6 is 11.3 Å². The van der Waals surface area contributed by atoms with Gasteiger partial charge in [0.25, 0.3) is 5.91 Å². The van der Waals surface area contributed by atoms with Crippen molar-refractivity contribution in [2.45, 2.75) is 25.7 Å². The summed E-state index contributed by atoms with van der Waals surface area (Å²) < 4.78 is 0. The Bertz CT molecular complexity index is 580. The number of likely N-dealkylation sites (tertiary alicyclic amines) is 1. The molecular weight excluding hydrogens is 270 g/mol. The van der Waals surface area contributed by atoms with E-state index >= 15 is 0 Å². The third kappa shape index (κ3) is 2.72. The van der Waals surface area contributed by atoms with Crippen LogP contribution in [0.3, 0.4) is 0 Å². The topological polar surface area (TPSA) is 46.1 Å². The van der Waals surface area contributed by atoms with Gasteiger partial charge in [0.05, 0.1) is 5.51 Å². The molecule has 3 heterocycles. The normalized spacial score (nSPS) is 19.1. The second kappa shape index (κ2) is 5.71. The fourth-order valence-corrected chi connectivity index (χ4v) is 3.13. The zero-order valence-electron chi connectivity index (χ0n) is 11.5. The van der Waals surface area contributed by atoms with E-state index in [1.54, 1.807) is 5.51 Å². The minimum Gasteiger partial charge on any atom is -0.337 e. The van der Waals surface area contributed by atoms with Crippen LogP contribution < -0.4 is 0 Å². The zero-order chi connectivity index (χ0) is 13.9. The van der Waals surface area contributed by atoms with Crippen LogP contribution in [0.5, 0.6) is 0 Å². The predicted octanol–water partition coefficient (Wildman–Crippen LogP) is 2.87. The molecule has 0 bridgehead atoms. The number of carbonyl (C=O) groups is 1. The first-order valence-electron chi connectivity index (χ1n) is 6.84. The number of pyridine rings is 1. The van der Waals surface area contributed by atoms with Gasteiger partial charge in [-0.3, -0.25) is 9.78 Å². The van der Waals surface area contributed by atoms with Gasteiger partial charge < -0.3 is 4.90 Å². The second-order valence-electron chi connectivity index (χ2n) is 5.22. The molecule has 0 spiro atoms. The third-order valence-corrected chi connectivity index (χ3v) is 4.30. The number of amides is 1. The zero-order valence-corrected chi connectivity index (χ0v) is 12.3. The van der Waals surface area contributed by atoms with Crippen LogP contribution in [-0.2, 0) is 0 Å². The number of aryl methyl sites for hydroxylation is 1. The molecule has 1 atom stereocenters.